The first-order chi connectivity index (χ1) is 7.46. The van der Waals surface area contributed by atoms with E-state index >= 15 is 0 Å². The maximum atomic E-state index is 5.95. The van der Waals surface area contributed by atoms with Crippen molar-refractivity contribution in [1.82, 2.24) is 0 Å². The zero-order chi connectivity index (χ0) is 11.8. The van der Waals surface area contributed by atoms with E-state index in [2.05, 4.69) is 26.1 Å². The van der Waals surface area contributed by atoms with Gasteiger partial charge in [-0.15, -0.1) is 0 Å². The summed E-state index contributed by atoms with van der Waals surface area (Å²) >= 11 is 0. The second kappa shape index (κ2) is 3.77. The van der Waals surface area contributed by atoms with Gasteiger partial charge in [0.1, 0.15) is 13.2 Å². The van der Waals surface area contributed by atoms with Gasteiger partial charge in [-0.3, -0.25) is 0 Å². The molecule has 1 aliphatic rings. The number of hydrogen-bond donors (Lipinski definition) is 2. The molecule has 3 N–H and O–H groups in total. The van der Waals surface area contributed by atoms with Gasteiger partial charge in [-0.2, -0.15) is 0 Å². The number of ether oxygens (including phenoxy) is 2. The van der Waals surface area contributed by atoms with E-state index in [9.17, 15) is 0 Å². The van der Waals surface area contributed by atoms with Crippen LogP contribution in [0.4, 0.5) is 11.4 Å². The first-order valence-corrected chi connectivity index (χ1v) is 5.43. The Labute approximate surface area is 95.7 Å². The second-order valence-electron chi connectivity index (χ2n) is 4.96. The van der Waals surface area contributed by atoms with Crippen LogP contribution in [-0.4, -0.2) is 18.8 Å². The van der Waals surface area contributed by atoms with Crippen molar-refractivity contribution in [2.45, 2.75) is 26.3 Å². The van der Waals surface area contributed by atoms with Crippen molar-refractivity contribution in [3.8, 4) is 11.5 Å². The fourth-order valence-electron chi connectivity index (χ4n) is 1.62. The Kier molecular flexibility index (Phi) is 2.58. The van der Waals surface area contributed by atoms with E-state index in [0.29, 0.717) is 18.9 Å². The standard InChI is InChI=1S/C12H18N2O2/c1-12(2,3)14-9-7-11-10(6-8(9)13)15-4-5-16-11/h6-7,14H,4-5,13H2,1-3H3. The van der Waals surface area contributed by atoms with Gasteiger partial charge in [0.15, 0.2) is 11.5 Å². The third kappa shape index (κ3) is 2.32. The number of nitrogens with two attached hydrogens (primary N) is 1. The molecule has 0 spiro atoms. The molecule has 0 unspecified atom stereocenters. The first-order valence-electron chi connectivity index (χ1n) is 5.43. The van der Waals surface area contributed by atoms with Crippen LogP contribution < -0.4 is 20.5 Å². The largest absolute Gasteiger partial charge is 0.486 e. The molecule has 0 saturated carbocycles. The van der Waals surface area contributed by atoms with Crippen LogP contribution >= 0.6 is 0 Å². The normalized spacial score (nSPS) is 14.7. The number of nitrogens with one attached hydrogen (secondary N) is 1. The summed E-state index contributed by atoms with van der Waals surface area (Å²) in [5, 5.41) is 3.34. The zero-order valence-electron chi connectivity index (χ0n) is 9.96. The molecule has 0 aliphatic carbocycles. The smallest absolute Gasteiger partial charge is 0.163 e. The highest BCUT2D eigenvalue weighted by molar-refractivity contribution is 5.72. The van der Waals surface area contributed by atoms with E-state index in [1.807, 2.05) is 12.1 Å². The van der Waals surface area contributed by atoms with E-state index in [4.69, 9.17) is 15.2 Å². The Bertz CT molecular complexity index is 397. The van der Waals surface area contributed by atoms with Crippen LogP contribution in [0.1, 0.15) is 20.8 Å². The fourth-order valence-corrected chi connectivity index (χ4v) is 1.62. The van der Waals surface area contributed by atoms with Gasteiger partial charge < -0.3 is 20.5 Å². The summed E-state index contributed by atoms with van der Waals surface area (Å²) in [5.41, 5.74) is 7.49. The average Bonchev–Trinajstić information content (AvgIpc) is 2.17. The Morgan fingerprint density at radius 3 is 2.25 bits per heavy atom. The summed E-state index contributed by atoms with van der Waals surface area (Å²) < 4.78 is 11.0. The van der Waals surface area contributed by atoms with Gasteiger partial charge in [-0.1, -0.05) is 0 Å². The van der Waals surface area contributed by atoms with E-state index in [1.165, 1.54) is 0 Å². The van der Waals surface area contributed by atoms with Gasteiger partial charge in [0.2, 0.25) is 0 Å². The summed E-state index contributed by atoms with van der Waals surface area (Å²) in [6, 6.07) is 3.71. The molecular weight excluding hydrogens is 204 g/mol. The number of benzene rings is 1. The van der Waals surface area contributed by atoms with Gasteiger partial charge in [-0.25, -0.2) is 0 Å². The number of anilines is 2. The van der Waals surface area contributed by atoms with Gasteiger partial charge in [0.05, 0.1) is 11.4 Å². The third-order valence-electron chi connectivity index (χ3n) is 2.22. The lowest BCUT2D eigenvalue weighted by molar-refractivity contribution is 0.172. The number of hydrogen-bond acceptors (Lipinski definition) is 4. The molecule has 1 heterocycles. The van der Waals surface area contributed by atoms with Crippen LogP contribution in [0.25, 0.3) is 0 Å². The molecular formula is C12H18N2O2. The lowest BCUT2D eigenvalue weighted by Gasteiger charge is -2.25. The minimum Gasteiger partial charge on any atom is -0.486 e. The zero-order valence-corrected chi connectivity index (χ0v) is 9.96. The quantitative estimate of drug-likeness (QED) is 0.715. The second-order valence-corrected chi connectivity index (χ2v) is 4.96. The highest BCUT2D eigenvalue weighted by atomic mass is 16.6. The molecule has 4 heteroatoms. The fraction of sp³-hybridized carbons (Fsp3) is 0.500. The molecule has 4 nitrogen and oxygen atoms in total. The lowest BCUT2D eigenvalue weighted by atomic mass is 10.1. The van der Waals surface area contributed by atoms with Crippen LogP contribution in [0.15, 0.2) is 12.1 Å². The predicted octanol–water partition coefficient (Wildman–Crippen LogP) is 2.25. The van der Waals surface area contributed by atoms with Crippen molar-refractivity contribution in [1.29, 1.82) is 0 Å². The molecule has 1 aliphatic heterocycles. The summed E-state index contributed by atoms with van der Waals surface area (Å²) in [5.74, 6) is 1.48. The highest BCUT2D eigenvalue weighted by Gasteiger charge is 2.17. The van der Waals surface area contributed by atoms with Crippen molar-refractivity contribution >= 4 is 11.4 Å². The summed E-state index contributed by atoms with van der Waals surface area (Å²) in [6.45, 7) is 7.43. The molecule has 0 bridgehead atoms. The van der Waals surface area contributed by atoms with Crippen molar-refractivity contribution < 1.29 is 9.47 Å². The summed E-state index contributed by atoms with van der Waals surface area (Å²) in [6.07, 6.45) is 0. The van der Waals surface area contributed by atoms with Crippen LogP contribution in [-0.2, 0) is 0 Å². The van der Waals surface area contributed by atoms with Crippen molar-refractivity contribution in [2.24, 2.45) is 0 Å². The van der Waals surface area contributed by atoms with Crippen molar-refractivity contribution in [3.05, 3.63) is 12.1 Å². The van der Waals surface area contributed by atoms with Crippen LogP contribution in [0.5, 0.6) is 11.5 Å². The minimum atomic E-state index is -0.0299. The first kappa shape index (κ1) is 10.9. The topological polar surface area (TPSA) is 56.5 Å². The molecule has 0 amide bonds. The molecule has 0 radical (unpaired) electrons. The molecule has 16 heavy (non-hydrogen) atoms. The Hall–Kier alpha value is -1.58. The van der Waals surface area contributed by atoms with Crippen molar-refractivity contribution in [3.63, 3.8) is 0 Å². The Balaban J connectivity index is 2.32. The SMILES string of the molecule is CC(C)(C)Nc1cc2c(cc1N)OCCO2. The maximum absolute atomic E-state index is 5.95. The van der Waals surface area contributed by atoms with E-state index in [-0.39, 0.29) is 5.54 Å². The molecule has 1 aromatic rings. The van der Waals surface area contributed by atoms with Crippen LogP contribution in [0, 0.1) is 0 Å². The van der Waals surface area contributed by atoms with Crippen molar-refractivity contribution in [2.75, 3.05) is 24.3 Å². The third-order valence-corrected chi connectivity index (χ3v) is 2.22. The highest BCUT2D eigenvalue weighted by Crippen LogP contribution is 2.37. The molecule has 0 saturated heterocycles. The monoisotopic (exact) mass is 222 g/mol. The number of nitrogen functional groups attached to an aromatic ring is 1. The van der Waals surface area contributed by atoms with Crippen LogP contribution in [0.2, 0.25) is 0 Å². The van der Waals surface area contributed by atoms with Gasteiger partial charge >= 0.3 is 0 Å². The summed E-state index contributed by atoms with van der Waals surface area (Å²) in [7, 11) is 0. The van der Waals surface area contributed by atoms with Gasteiger partial charge in [0.25, 0.3) is 0 Å². The molecule has 1 aromatic carbocycles. The molecule has 0 fully saturated rings. The van der Waals surface area contributed by atoms with Gasteiger partial charge in [-0.05, 0) is 20.8 Å². The average molecular weight is 222 g/mol. The lowest BCUT2D eigenvalue weighted by Crippen LogP contribution is -2.27. The Morgan fingerprint density at radius 2 is 1.69 bits per heavy atom. The number of fused-ring (bicyclic) bond motifs is 1. The molecule has 88 valence electrons. The molecule has 0 aromatic heterocycles. The number of rotatable bonds is 1. The maximum Gasteiger partial charge on any atom is 0.163 e. The summed E-state index contributed by atoms with van der Waals surface area (Å²) in [4.78, 5) is 0. The van der Waals surface area contributed by atoms with Gasteiger partial charge in [0, 0.05) is 17.7 Å². The minimum absolute atomic E-state index is 0.0299. The van der Waals surface area contributed by atoms with Crippen LogP contribution in [0.3, 0.4) is 0 Å². The van der Waals surface area contributed by atoms with E-state index in [0.717, 1.165) is 17.2 Å². The van der Waals surface area contributed by atoms with E-state index in [1.54, 1.807) is 0 Å². The Morgan fingerprint density at radius 1 is 1.12 bits per heavy atom. The predicted molar refractivity (Wildman–Crippen MR) is 65.2 cm³/mol. The van der Waals surface area contributed by atoms with E-state index < -0.39 is 0 Å². The molecule has 0 atom stereocenters. The molecule has 2 rings (SSSR count).